The minimum atomic E-state index is -0.937. The molecule has 0 saturated carbocycles. The van der Waals surface area contributed by atoms with E-state index in [1.807, 2.05) is 23.9 Å². The van der Waals surface area contributed by atoms with Gasteiger partial charge in [0.25, 0.3) is 0 Å². The largest absolute Gasteiger partial charge is 0.478 e. The molecule has 0 aliphatic carbocycles. The van der Waals surface area contributed by atoms with Crippen molar-refractivity contribution in [3.8, 4) is 0 Å². The van der Waals surface area contributed by atoms with Crippen LogP contribution in [0.3, 0.4) is 0 Å². The van der Waals surface area contributed by atoms with Crippen molar-refractivity contribution in [3.05, 3.63) is 46.5 Å². The fourth-order valence-electron chi connectivity index (χ4n) is 1.77. The van der Waals surface area contributed by atoms with Crippen molar-refractivity contribution in [2.75, 3.05) is 11.9 Å². The number of aromatic carboxylic acids is 1. The molecule has 0 atom stereocenters. The molecule has 0 bridgehead atoms. The predicted molar refractivity (Wildman–Crippen MR) is 76.5 cm³/mol. The van der Waals surface area contributed by atoms with Crippen LogP contribution in [0.2, 0.25) is 0 Å². The average molecular weight is 324 g/mol. The topological polar surface area (TPSA) is 67.2 Å². The summed E-state index contributed by atoms with van der Waals surface area (Å²) in [7, 11) is 1.95. The maximum absolute atomic E-state index is 10.9. The molecule has 1 aromatic heterocycles. The molecule has 1 heterocycles. The lowest BCUT2D eigenvalue weighted by Gasteiger charge is -2.08. The fourth-order valence-corrected chi connectivity index (χ4v) is 2.26. The number of aryl methyl sites for hydroxylation is 1. The number of aromatic nitrogens is 2. The number of imidazole rings is 1. The van der Waals surface area contributed by atoms with E-state index in [1.54, 1.807) is 18.3 Å². The van der Waals surface area contributed by atoms with Crippen LogP contribution in [-0.2, 0) is 13.5 Å². The third-order valence-corrected chi connectivity index (χ3v) is 3.20. The summed E-state index contributed by atoms with van der Waals surface area (Å²) in [6.45, 7) is 0.695. The summed E-state index contributed by atoms with van der Waals surface area (Å²) in [6, 6.07) is 5.04. The van der Waals surface area contributed by atoms with Gasteiger partial charge in [-0.25, -0.2) is 9.78 Å². The highest BCUT2D eigenvalue weighted by atomic mass is 79.9. The van der Waals surface area contributed by atoms with E-state index in [4.69, 9.17) is 5.11 Å². The number of rotatable bonds is 5. The van der Waals surface area contributed by atoms with Gasteiger partial charge in [-0.05, 0) is 18.2 Å². The van der Waals surface area contributed by atoms with Gasteiger partial charge in [-0.3, -0.25) is 0 Å². The quantitative estimate of drug-likeness (QED) is 0.887. The number of carbonyl (C=O) groups is 1. The van der Waals surface area contributed by atoms with Crippen LogP contribution < -0.4 is 5.32 Å². The molecular formula is C13H14BrN3O2. The Hall–Kier alpha value is -1.82. The van der Waals surface area contributed by atoms with Gasteiger partial charge in [0, 0.05) is 42.6 Å². The third kappa shape index (κ3) is 3.57. The van der Waals surface area contributed by atoms with Crippen LogP contribution in [0.5, 0.6) is 0 Å². The van der Waals surface area contributed by atoms with E-state index in [0.717, 1.165) is 22.4 Å². The van der Waals surface area contributed by atoms with Crippen LogP contribution in [0.1, 0.15) is 16.2 Å². The normalized spacial score (nSPS) is 10.4. The van der Waals surface area contributed by atoms with Gasteiger partial charge in [0.2, 0.25) is 0 Å². The number of hydrogen-bond donors (Lipinski definition) is 2. The lowest BCUT2D eigenvalue weighted by Crippen LogP contribution is -2.09. The van der Waals surface area contributed by atoms with Crippen LogP contribution in [0.25, 0.3) is 0 Å². The number of halogens is 1. The molecule has 2 N–H and O–H groups in total. The lowest BCUT2D eigenvalue weighted by molar-refractivity contribution is 0.0697. The monoisotopic (exact) mass is 323 g/mol. The van der Waals surface area contributed by atoms with E-state index in [0.29, 0.717) is 6.54 Å². The molecule has 5 nitrogen and oxygen atoms in total. The van der Waals surface area contributed by atoms with Gasteiger partial charge in [-0.1, -0.05) is 15.9 Å². The number of anilines is 1. The van der Waals surface area contributed by atoms with Crippen LogP contribution in [0.15, 0.2) is 35.1 Å². The number of nitrogens with one attached hydrogen (secondary N) is 1. The van der Waals surface area contributed by atoms with E-state index in [2.05, 4.69) is 26.2 Å². The Labute approximate surface area is 119 Å². The predicted octanol–water partition coefficient (Wildman–Crippen LogP) is 2.54. The van der Waals surface area contributed by atoms with Gasteiger partial charge in [0.1, 0.15) is 5.82 Å². The highest BCUT2D eigenvalue weighted by molar-refractivity contribution is 9.10. The van der Waals surface area contributed by atoms with Crippen molar-refractivity contribution < 1.29 is 9.90 Å². The number of carboxylic acids is 1. The van der Waals surface area contributed by atoms with E-state index in [1.165, 1.54) is 0 Å². The second kappa shape index (κ2) is 5.88. The molecule has 0 aliphatic heterocycles. The number of benzene rings is 1. The fraction of sp³-hybridized carbons (Fsp3) is 0.231. The Balaban J connectivity index is 2.00. The van der Waals surface area contributed by atoms with Crippen molar-refractivity contribution in [2.24, 2.45) is 7.05 Å². The Morgan fingerprint density at radius 3 is 2.89 bits per heavy atom. The van der Waals surface area contributed by atoms with Crippen LogP contribution in [0, 0.1) is 0 Å². The summed E-state index contributed by atoms with van der Waals surface area (Å²) < 4.78 is 2.71. The van der Waals surface area contributed by atoms with E-state index >= 15 is 0 Å². The minimum absolute atomic E-state index is 0.258. The summed E-state index contributed by atoms with van der Waals surface area (Å²) in [5, 5.41) is 12.2. The first-order valence-corrected chi connectivity index (χ1v) is 6.59. The summed E-state index contributed by atoms with van der Waals surface area (Å²) in [4.78, 5) is 15.2. The Morgan fingerprint density at radius 1 is 1.47 bits per heavy atom. The second-order valence-corrected chi connectivity index (χ2v) is 5.08. The van der Waals surface area contributed by atoms with Crippen LogP contribution in [-0.4, -0.2) is 27.2 Å². The number of hydrogen-bond acceptors (Lipinski definition) is 3. The highest BCUT2D eigenvalue weighted by Gasteiger charge is 2.06. The zero-order valence-corrected chi connectivity index (χ0v) is 12.0. The zero-order chi connectivity index (χ0) is 13.8. The number of nitrogens with zero attached hydrogens (tertiary/aromatic N) is 2. The minimum Gasteiger partial charge on any atom is -0.478 e. The molecular weight excluding hydrogens is 310 g/mol. The molecule has 0 spiro atoms. The lowest BCUT2D eigenvalue weighted by atomic mass is 10.2. The maximum Gasteiger partial charge on any atom is 0.335 e. The summed E-state index contributed by atoms with van der Waals surface area (Å²) in [5.74, 6) is 0.0504. The van der Waals surface area contributed by atoms with E-state index < -0.39 is 5.97 Å². The van der Waals surface area contributed by atoms with Crippen molar-refractivity contribution in [1.29, 1.82) is 0 Å². The van der Waals surface area contributed by atoms with Gasteiger partial charge in [-0.2, -0.15) is 0 Å². The van der Waals surface area contributed by atoms with Gasteiger partial charge in [0.05, 0.1) is 5.56 Å². The van der Waals surface area contributed by atoms with Gasteiger partial charge < -0.3 is 15.0 Å². The average Bonchev–Trinajstić information content (AvgIpc) is 2.74. The molecule has 0 aliphatic rings. The third-order valence-electron chi connectivity index (χ3n) is 2.74. The molecule has 0 saturated heterocycles. The molecule has 0 amide bonds. The molecule has 6 heteroatoms. The molecule has 100 valence electrons. The first-order chi connectivity index (χ1) is 9.06. The van der Waals surface area contributed by atoms with Crippen LogP contribution in [0.4, 0.5) is 5.69 Å². The SMILES string of the molecule is Cn1ccnc1CCNc1cc(Br)cc(C(=O)O)c1. The molecule has 0 fully saturated rings. The summed E-state index contributed by atoms with van der Waals surface area (Å²) in [6.07, 6.45) is 4.44. The van der Waals surface area contributed by atoms with Crippen molar-refractivity contribution in [1.82, 2.24) is 9.55 Å². The van der Waals surface area contributed by atoms with Crippen molar-refractivity contribution in [3.63, 3.8) is 0 Å². The first-order valence-electron chi connectivity index (χ1n) is 5.80. The maximum atomic E-state index is 10.9. The van der Waals surface area contributed by atoms with Crippen molar-refractivity contribution in [2.45, 2.75) is 6.42 Å². The Bertz CT molecular complexity index is 595. The number of carboxylic acid groups (broad SMARTS) is 1. The smallest absolute Gasteiger partial charge is 0.335 e. The highest BCUT2D eigenvalue weighted by Crippen LogP contribution is 2.19. The second-order valence-electron chi connectivity index (χ2n) is 4.16. The van der Waals surface area contributed by atoms with Gasteiger partial charge in [0.15, 0.2) is 0 Å². The Morgan fingerprint density at radius 2 is 2.26 bits per heavy atom. The Kier molecular flexibility index (Phi) is 4.21. The molecule has 2 aromatic rings. The standard InChI is InChI=1S/C13H14BrN3O2/c1-17-5-4-16-12(17)2-3-15-11-7-9(13(18)19)6-10(14)8-11/h4-8,15H,2-3H2,1H3,(H,18,19). The van der Waals surface area contributed by atoms with Gasteiger partial charge in [-0.15, -0.1) is 0 Å². The van der Waals surface area contributed by atoms with Crippen molar-refractivity contribution >= 4 is 27.6 Å². The molecule has 0 unspecified atom stereocenters. The van der Waals surface area contributed by atoms with E-state index in [-0.39, 0.29) is 5.56 Å². The first kappa shape index (κ1) is 13.6. The molecule has 0 radical (unpaired) electrons. The molecule has 2 rings (SSSR count). The van der Waals surface area contributed by atoms with Gasteiger partial charge >= 0.3 is 5.97 Å². The summed E-state index contributed by atoms with van der Waals surface area (Å²) >= 11 is 3.30. The molecule has 19 heavy (non-hydrogen) atoms. The zero-order valence-electron chi connectivity index (χ0n) is 10.4. The summed E-state index contributed by atoms with van der Waals surface area (Å²) in [5.41, 5.74) is 1.04. The van der Waals surface area contributed by atoms with Crippen LogP contribution >= 0.6 is 15.9 Å². The molecule has 1 aromatic carbocycles. The van der Waals surface area contributed by atoms with E-state index in [9.17, 15) is 4.79 Å².